The molecule has 0 unspecified atom stereocenters. The summed E-state index contributed by atoms with van der Waals surface area (Å²) in [5.74, 6) is 0. The fourth-order valence-corrected chi connectivity index (χ4v) is 1.98. The normalized spacial score (nSPS) is 10.4. The van der Waals surface area contributed by atoms with Gasteiger partial charge in [-0.3, -0.25) is 0 Å². The molecule has 0 atom stereocenters. The van der Waals surface area contributed by atoms with E-state index in [4.69, 9.17) is 34.8 Å². The third-order valence-corrected chi connectivity index (χ3v) is 2.48. The Hall–Kier alpha value is -0.640. The number of urea groups is 1. The van der Waals surface area contributed by atoms with Crippen LogP contribution in [0.2, 0.25) is 15.1 Å². The standard InChI is InChI=1S/C10H11Cl3N2O/c1-5(2)14-10(16)15-9-7(12)3-6(11)4-8(9)13/h3-5H,1-2H3,(H2,14,15,16). The van der Waals surface area contributed by atoms with E-state index in [-0.39, 0.29) is 12.1 Å². The van der Waals surface area contributed by atoms with Crippen LogP contribution >= 0.6 is 34.8 Å². The molecular weight excluding hydrogens is 270 g/mol. The highest BCUT2D eigenvalue weighted by atomic mass is 35.5. The molecule has 16 heavy (non-hydrogen) atoms. The highest BCUT2D eigenvalue weighted by molar-refractivity contribution is 6.42. The van der Waals surface area contributed by atoms with Crippen LogP contribution < -0.4 is 10.6 Å². The van der Waals surface area contributed by atoms with Crippen molar-refractivity contribution in [2.24, 2.45) is 0 Å². The van der Waals surface area contributed by atoms with Crippen molar-refractivity contribution in [1.82, 2.24) is 5.32 Å². The van der Waals surface area contributed by atoms with Gasteiger partial charge >= 0.3 is 6.03 Å². The Morgan fingerprint density at radius 3 is 2.12 bits per heavy atom. The van der Waals surface area contributed by atoms with Gasteiger partial charge in [0, 0.05) is 11.1 Å². The van der Waals surface area contributed by atoms with Crippen LogP contribution in [0.1, 0.15) is 13.8 Å². The van der Waals surface area contributed by atoms with Crippen LogP contribution in [-0.2, 0) is 0 Å². The topological polar surface area (TPSA) is 41.1 Å². The largest absolute Gasteiger partial charge is 0.336 e. The molecule has 3 nitrogen and oxygen atoms in total. The number of amides is 2. The van der Waals surface area contributed by atoms with E-state index in [1.54, 1.807) is 0 Å². The van der Waals surface area contributed by atoms with E-state index in [9.17, 15) is 4.79 Å². The Morgan fingerprint density at radius 1 is 1.19 bits per heavy atom. The summed E-state index contributed by atoms with van der Waals surface area (Å²) in [6, 6.07) is 2.70. The molecule has 0 heterocycles. The minimum Gasteiger partial charge on any atom is -0.336 e. The van der Waals surface area contributed by atoms with Crippen molar-refractivity contribution in [1.29, 1.82) is 0 Å². The molecule has 0 aliphatic rings. The second-order valence-electron chi connectivity index (χ2n) is 3.50. The molecule has 1 aromatic rings. The second-order valence-corrected chi connectivity index (χ2v) is 4.75. The maximum atomic E-state index is 11.4. The van der Waals surface area contributed by atoms with Crippen LogP contribution in [0.4, 0.5) is 10.5 Å². The zero-order chi connectivity index (χ0) is 12.3. The van der Waals surface area contributed by atoms with Gasteiger partial charge in [-0.05, 0) is 26.0 Å². The minimum atomic E-state index is -0.360. The van der Waals surface area contributed by atoms with Gasteiger partial charge in [0.1, 0.15) is 0 Å². The molecule has 88 valence electrons. The summed E-state index contributed by atoms with van der Waals surface area (Å²) in [7, 11) is 0. The lowest BCUT2D eigenvalue weighted by Gasteiger charge is -2.12. The predicted molar refractivity (Wildman–Crippen MR) is 68.8 cm³/mol. The first-order valence-corrected chi connectivity index (χ1v) is 5.75. The number of carbonyl (C=O) groups excluding carboxylic acids is 1. The summed E-state index contributed by atoms with van der Waals surface area (Å²) in [6.45, 7) is 3.70. The summed E-state index contributed by atoms with van der Waals surface area (Å²) in [5.41, 5.74) is 0.353. The first kappa shape index (κ1) is 13.4. The van der Waals surface area contributed by atoms with Gasteiger partial charge < -0.3 is 10.6 Å². The molecule has 2 amide bonds. The molecule has 6 heteroatoms. The highest BCUT2D eigenvalue weighted by Crippen LogP contribution is 2.33. The number of hydrogen-bond acceptors (Lipinski definition) is 1. The van der Waals surface area contributed by atoms with Gasteiger partial charge in [0.25, 0.3) is 0 Å². The van der Waals surface area contributed by atoms with Crippen LogP contribution in [-0.4, -0.2) is 12.1 Å². The summed E-state index contributed by atoms with van der Waals surface area (Å²) < 4.78 is 0. The minimum absolute atomic E-state index is 0.0323. The van der Waals surface area contributed by atoms with Gasteiger partial charge in [0.15, 0.2) is 0 Å². The van der Waals surface area contributed by atoms with E-state index < -0.39 is 0 Å². The molecule has 2 N–H and O–H groups in total. The average molecular weight is 282 g/mol. The molecule has 0 spiro atoms. The molecule has 0 aliphatic carbocycles. The molecule has 0 bridgehead atoms. The fourth-order valence-electron chi connectivity index (χ4n) is 1.07. The van der Waals surface area contributed by atoms with Crippen LogP contribution in [0, 0.1) is 0 Å². The fraction of sp³-hybridized carbons (Fsp3) is 0.300. The van der Waals surface area contributed by atoms with Gasteiger partial charge in [-0.1, -0.05) is 34.8 Å². The lowest BCUT2D eigenvalue weighted by molar-refractivity contribution is 0.250. The van der Waals surface area contributed by atoms with Gasteiger partial charge in [-0.25, -0.2) is 4.79 Å². The van der Waals surface area contributed by atoms with Crippen molar-refractivity contribution in [3.8, 4) is 0 Å². The number of hydrogen-bond donors (Lipinski definition) is 2. The Morgan fingerprint density at radius 2 is 1.69 bits per heavy atom. The van der Waals surface area contributed by atoms with Crippen LogP contribution in [0.15, 0.2) is 12.1 Å². The van der Waals surface area contributed by atoms with E-state index in [0.29, 0.717) is 20.8 Å². The second kappa shape index (κ2) is 5.62. The number of nitrogens with one attached hydrogen (secondary N) is 2. The molecule has 0 aromatic heterocycles. The van der Waals surface area contributed by atoms with E-state index >= 15 is 0 Å². The van der Waals surface area contributed by atoms with E-state index in [1.807, 2.05) is 13.8 Å². The quantitative estimate of drug-likeness (QED) is 0.839. The van der Waals surface area contributed by atoms with Gasteiger partial charge in [-0.15, -0.1) is 0 Å². The predicted octanol–water partition coefficient (Wildman–Crippen LogP) is 4.18. The lowest BCUT2D eigenvalue weighted by Crippen LogP contribution is -2.34. The summed E-state index contributed by atoms with van der Waals surface area (Å²) in [6.07, 6.45) is 0. The third kappa shape index (κ3) is 3.74. The van der Waals surface area contributed by atoms with Gasteiger partial charge in [-0.2, -0.15) is 0 Å². The Kier molecular flexibility index (Phi) is 4.71. The maximum Gasteiger partial charge on any atom is 0.319 e. The Labute approximate surface area is 109 Å². The van der Waals surface area contributed by atoms with Crippen LogP contribution in [0.3, 0.4) is 0 Å². The van der Waals surface area contributed by atoms with Crippen molar-refractivity contribution in [3.63, 3.8) is 0 Å². The number of carbonyl (C=O) groups is 1. The van der Waals surface area contributed by atoms with E-state index in [1.165, 1.54) is 12.1 Å². The smallest absolute Gasteiger partial charge is 0.319 e. The van der Waals surface area contributed by atoms with Crippen molar-refractivity contribution in [2.45, 2.75) is 19.9 Å². The molecule has 1 aromatic carbocycles. The van der Waals surface area contributed by atoms with Crippen LogP contribution in [0.25, 0.3) is 0 Å². The number of anilines is 1. The van der Waals surface area contributed by atoms with Gasteiger partial charge in [0.05, 0.1) is 15.7 Å². The molecular formula is C10H11Cl3N2O. The van der Waals surface area contributed by atoms with Crippen molar-refractivity contribution in [2.75, 3.05) is 5.32 Å². The molecule has 1 rings (SSSR count). The molecule has 0 radical (unpaired) electrons. The summed E-state index contributed by atoms with van der Waals surface area (Å²) in [4.78, 5) is 11.4. The van der Waals surface area contributed by atoms with Gasteiger partial charge in [0.2, 0.25) is 0 Å². The molecule has 0 aliphatic heterocycles. The Balaban J connectivity index is 2.85. The maximum absolute atomic E-state index is 11.4. The molecule has 0 saturated heterocycles. The molecule has 0 fully saturated rings. The highest BCUT2D eigenvalue weighted by Gasteiger charge is 2.11. The van der Waals surface area contributed by atoms with Crippen LogP contribution in [0.5, 0.6) is 0 Å². The SMILES string of the molecule is CC(C)NC(=O)Nc1c(Cl)cc(Cl)cc1Cl. The number of benzene rings is 1. The van der Waals surface area contributed by atoms with E-state index in [0.717, 1.165) is 0 Å². The molecule has 0 saturated carbocycles. The summed E-state index contributed by atoms with van der Waals surface area (Å²) >= 11 is 17.6. The Bertz CT molecular complexity index is 384. The van der Waals surface area contributed by atoms with Crippen molar-refractivity contribution < 1.29 is 4.79 Å². The zero-order valence-electron chi connectivity index (χ0n) is 8.77. The van der Waals surface area contributed by atoms with Crippen molar-refractivity contribution >= 4 is 46.5 Å². The van der Waals surface area contributed by atoms with E-state index in [2.05, 4.69) is 10.6 Å². The first-order valence-electron chi connectivity index (χ1n) is 4.62. The number of rotatable bonds is 2. The zero-order valence-corrected chi connectivity index (χ0v) is 11.0. The third-order valence-electron chi connectivity index (χ3n) is 1.67. The number of halogens is 3. The monoisotopic (exact) mass is 280 g/mol. The summed E-state index contributed by atoms with van der Waals surface area (Å²) in [5, 5.41) is 6.25. The first-order chi connectivity index (χ1) is 7.40. The van der Waals surface area contributed by atoms with Crippen molar-refractivity contribution in [3.05, 3.63) is 27.2 Å². The lowest BCUT2D eigenvalue weighted by atomic mass is 10.3. The average Bonchev–Trinajstić information content (AvgIpc) is 2.09.